The highest BCUT2D eigenvalue weighted by Gasteiger charge is 2.53. The Morgan fingerprint density at radius 1 is 1.35 bits per heavy atom. The van der Waals surface area contributed by atoms with Gasteiger partial charge in [0.25, 0.3) is 0 Å². The van der Waals surface area contributed by atoms with Crippen LogP contribution < -0.4 is 5.32 Å². The standard InChI is InChI=1S/C14H21F3N2O4/c1-8-7-23-3-2-9(8)4-18-13(22)19-5-10(12(20)21)11(6-19)14(15,16)17/h8-11H,2-7H2,1H3,(H,18,22)(H,20,21)/t8?,9?,10-,11-/m1/s1. The molecule has 2 heterocycles. The summed E-state index contributed by atoms with van der Waals surface area (Å²) in [5.74, 6) is -4.68. The molecule has 0 aliphatic carbocycles. The molecule has 9 heteroatoms. The number of ether oxygens (including phenoxy) is 1. The number of carbonyl (C=O) groups excluding carboxylic acids is 1. The fourth-order valence-corrected chi connectivity index (χ4v) is 3.11. The van der Waals surface area contributed by atoms with Crippen LogP contribution in [0.5, 0.6) is 0 Å². The maximum absolute atomic E-state index is 12.9. The topological polar surface area (TPSA) is 78.9 Å². The van der Waals surface area contributed by atoms with Gasteiger partial charge in [-0.25, -0.2) is 4.79 Å². The van der Waals surface area contributed by atoms with E-state index in [4.69, 9.17) is 9.84 Å². The Labute approximate surface area is 132 Å². The molecule has 2 N–H and O–H groups in total. The van der Waals surface area contributed by atoms with E-state index in [-0.39, 0.29) is 11.8 Å². The quantitative estimate of drug-likeness (QED) is 0.819. The number of likely N-dealkylation sites (tertiary alicyclic amines) is 1. The number of carboxylic acid groups (broad SMARTS) is 1. The highest BCUT2D eigenvalue weighted by atomic mass is 19.4. The van der Waals surface area contributed by atoms with Crippen molar-refractivity contribution in [2.75, 3.05) is 32.8 Å². The second-order valence-electron chi connectivity index (χ2n) is 6.28. The first-order valence-corrected chi connectivity index (χ1v) is 7.60. The molecule has 0 spiro atoms. The molecule has 0 aromatic heterocycles. The molecule has 2 fully saturated rings. The number of alkyl halides is 3. The van der Waals surface area contributed by atoms with Gasteiger partial charge in [0.2, 0.25) is 0 Å². The highest BCUT2D eigenvalue weighted by molar-refractivity contribution is 5.77. The molecule has 0 saturated carbocycles. The van der Waals surface area contributed by atoms with E-state index in [0.717, 1.165) is 11.3 Å². The van der Waals surface area contributed by atoms with Crippen molar-refractivity contribution in [2.24, 2.45) is 23.7 Å². The van der Waals surface area contributed by atoms with E-state index in [9.17, 15) is 22.8 Å². The number of rotatable bonds is 3. The van der Waals surface area contributed by atoms with Crippen LogP contribution in [0.1, 0.15) is 13.3 Å². The minimum atomic E-state index is -4.63. The third-order valence-electron chi connectivity index (χ3n) is 4.68. The van der Waals surface area contributed by atoms with Gasteiger partial charge < -0.3 is 20.1 Å². The Kier molecular flexibility index (Phi) is 5.38. The van der Waals surface area contributed by atoms with E-state index >= 15 is 0 Å². The fourth-order valence-electron chi connectivity index (χ4n) is 3.11. The summed E-state index contributed by atoms with van der Waals surface area (Å²) in [6, 6.07) is -0.637. The van der Waals surface area contributed by atoms with Crippen LogP contribution in [0.4, 0.5) is 18.0 Å². The summed E-state index contributed by atoms with van der Waals surface area (Å²) in [5, 5.41) is 11.6. The average Bonchev–Trinajstić information content (AvgIpc) is 2.91. The smallest absolute Gasteiger partial charge is 0.394 e. The van der Waals surface area contributed by atoms with Gasteiger partial charge in [0.05, 0.1) is 11.8 Å². The number of urea groups is 1. The second kappa shape index (κ2) is 6.94. The largest absolute Gasteiger partial charge is 0.481 e. The van der Waals surface area contributed by atoms with Crippen LogP contribution in [0.3, 0.4) is 0 Å². The molecule has 2 rings (SSSR count). The van der Waals surface area contributed by atoms with Crippen molar-refractivity contribution >= 4 is 12.0 Å². The Bertz CT molecular complexity index is 458. The normalized spacial score (nSPS) is 31.9. The van der Waals surface area contributed by atoms with Crippen molar-refractivity contribution in [3.05, 3.63) is 0 Å². The van der Waals surface area contributed by atoms with E-state index in [0.29, 0.717) is 19.8 Å². The van der Waals surface area contributed by atoms with E-state index in [1.165, 1.54) is 0 Å². The van der Waals surface area contributed by atoms with Gasteiger partial charge in [-0.2, -0.15) is 13.2 Å². The van der Waals surface area contributed by atoms with Gasteiger partial charge >= 0.3 is 18.2 Å². The number of nitrogens with zero attached hydrogens (tertiary/aromatic N) is 1. The van der Waals surface area contributed by atoms with Crippen molar-refractivity contribution < 1.29 is 32.6 Å². The molecule has 23 heavy (non-hydrogen) atoms. The molecule has 2 aliphatic heterocycles. The lowest BCUT2D eigenvalue weighted by molar-refractivity contribution is -0.187. The zero-order valence-corrected chi connectivity index (χ0v) is 12.8. The number of halogens is 3. The number of carbonyl (C=O) groups is 2. The van der Waals surface area contributed by atoms with Gasteiger partial charge in [-0.15, -0.1) is 0 Å². The maximum atomic E-state index is 12.9. The Morgan fingerprint density at radius 2 is 2.04 bits per heavy atom. The van der Waals surface area contributed by atoms with Crippen LogP contribution in [0, 0.1) is 23.7 Å². The summed E-state index contributed by atoms with van der Waals surface area (Å²) >= 11 is 0. The van der Waals surface area contributed by atoms with Gasteiger partial charge in [-0.3, -0.25) is 4.79 Å². The van der Waals surface area contributed by atoms with Crippen molar-refractivity contribution in [1.29, 1.82) is 0 Å². The van der Waals surface area contributed by atoms with Crippen molar-refractivity contribution in [2.45, 2.75) is 19.5 Å². The third kappa shape index (κ3) is 4.27. The molecule has 2 aliphatic rings. The van der Waals surface area contributed by atoms with Gasteiger partial charge in [-0.1, -0.05) is 6.92 Å². The minimum absolute atomic E-state index is 0.212. The molecule has 132 valence electrons. The van der Waals surface area contributed by atoms with Crippen LogP contribution in [0.15, 0.2) is 0 Å². The van der Waals surface area contributed by atoms with Gasteiger partial charge in [0.15, 0.2) is 0 Å². The summed E-state index contributed by atoms with van der Waals surface area (Å²) in [6.07, 6.45) is -3.85. The molecule has 0 radical (unpaired) electrons. The number of carboxylic acids is 1. The number of hydrogen-bond acceptors (Lipinski definition) is 3. The van der Waals surface area contributed by atoms with Crippen molar-refractivity contribution in [1.82, 2.24) is 10.2 Å². The molecule has 2 saturated heterocycles. The SMILES string of the molecule is CC1COCCC1CNC(=O)N1C[C@@H](C(F)(F)F)[C@H](C(=O)O)C1. The lowest BCUT2D eigenvalue weighted by atomic mass is 9.90. The molecule has 0 aromatic rings. The first kappa shape index (κ1) is 17.8. The maximum Gasteiger partial charge on any atom is 0.394 e. The number of nitrogens with one attached hydrogen (secondary N) is 1. The average molecular weight is 338 g/mol. The van der Waals surface area contributed by atoms with E-state index in [1.54, 1.807) is 0 Å². The van der Waals surface area contributed by atoms with E-state index < -0.39 is 43.1 Å². The molecule has 6 nitrogen and oxygen atoms in total. The van der Waals surface area contributed by atoms with Crippen LogP contribution >= 0.6 is 0 Å². The third-order valence-corrected chi connectivity index (χ3v) is 4.68. The summed E-state index contributed by atoms with van der Waals surface area (Å²) in [5.41, 5.74) is 0. The predicted molar refractivity (Wildman–Crippen MR) is 73.7 cm³/mol. The zero-order valence-electron chi connectivity index (χ0n) is 12.8. The Balaban J connectivity index is 1.91. The fraction of sp³-hybridized carbons (Fsp3) is 0.857. The molecular weight excluding hydrogens is 317 g/mol. The highest BCUT2D eigenvalue weighted by Crippen LogP contribution is 2.37. The van der Waals surface area contributed by atoms with Crippen LogP contribution in [-0.4, -0.2) is 61.0 Å². The Morgan fingerprint density at radius 3 is 2.57 bits per heavy atom. The first-order valence-electron chi connectivity index (χ1n) is 7.60. The number of hydrogen-bond donors (Lipinski definition) is 2. The molecule has 0 bridgehead atoms. The monoisotopic (exact) mass is 338 g/mol. The van der Waals surface area contributed by atoms with Gasteiger partial charge in [0, 0.05) is 32.8 Å². The summed E-state index contributed by atoms with van der Waals surface area (Å²) in [7, 11) is 0. The molecule has 0 aromatic carbocycles. The second-order valence-corrected chi connectivity index (χ2v) is 6.28. The van der Waals surface area contributed by atoms with E-state index in [2.05, 4.69) is 5.32 Å². The van der Waals surface area contributed by atoms with E-state index in [1.807, 2.05) is 6.92 Å². The lowest BCUT2D eigenvalue weighted by Gasteiger charge is -2.29. The number of aliphatic carboxylic acids is 1. The van der Waals surface area contributed by atoms with Crippen LogP contribution in [0.25, 0.3) is 0 Å². The predicted octanol–water partition coefficient (Wildman–Crippen LogP) is 1.56. The molecule has 2 unspecified atom stereocenters. The van der Waals surface area contributed by atoms with Gasteiger partial charge in [-0.05, 0) is 18.3 Å². The van der Waals surface area contributed by atoms with Crippen molar-refractivity contribution in [3.63, 3.8) is 0 Å². The lowest BCUT2D eigenvalue weighted by Crippen LogP contribution is -2.43. The zero-order chi connectivity index (χ0) is 17.2. The summed E-state index contributed by atoms with van der Waals surface area (Å²) in [6.45, 7) is 2.51. The number of amides is 2. The minimum Gasteiger partial charge on any atom is -0.481 e. The molecular formula is C14H21F3N2O4. The molecule has 4 atom stereocenters. The van der Waals surface area contributed by atoms with Gasteiger partial charge in [0.1, 0.15) is 0 Å². The summed E-state index contributed by atoms with van der Waals surface area (Å²) < 4.78 is 44.0. The molecule has 2 amide bonds. The van der Waals surface area contributed by atoms with Crippen LogP contribution in [-0.2, 0) is 9.53 Å². The van der Waals surface area contributed by atoms with Crippen molar-refractivity contribution in [3.8, 4) is 0 Å². The summed E-state index contributed by atoms with van der Waals surface area (Å²) in [4.78, 5) is 24.0. The Hall–Kier alpha value is -1.51. The first-order chi connectivity index (χ1) is 10.7. The van der Waals surface area contributed by atoms with Crippen LogP contribution in [0.2, 0.25) is 0 Å².